The normalized spacial score (nSPS) is 16.0. The lowest BCUT2D eigenvalue weighted by atomic mass is 9.98. The number of nitrogens with one attached hydrogen (secondary N) is 4. The Balaban J connectivity index is 2.09. The molecule has 8 heteroatoms. The van der Waals surface area contributed by atoms with Crippen molar-refractivity contribution in [3.05, 3.63) is 65.2 Å². The summed E-state index contributed by atoms with van der Waals surface area (Å²) < 4.78 is 23.8. The highest BCUT2D eigenvalue weighted by Gasteiger charge is 2.26. The molecule has 1 saturated heterocycles. The third-order valence-corrected chi connectivity index (χ3v) is 4.45. The molecular formula is C14H17N5O2S. The van der Waals surface area contributed by atoms with E-state index in [2.05, 4.69) is 21.9 Å². The quantitative estimate of drug-likeness (QED) is 0.544. The van der Waals surface area contributed by atoms with Crippen molar-refractivity contribution in [3.8, 4) is 0 Å². The van der Waals surface area contributed by atoms with Gasteiger partial charge >= 0.3 is 0 Å². The first-order valence-corrected chi connectivity index (χ1v) is 8.30. The number of hydrogen-bond donors (Lipinski definition) is 5. The summed E-state index contributed by atoms with van der Waals surface area (Å²) >= 11 is 0. The van der Waals surface area contributed by atoms with Crippen LogP contribution in [0.25, 0.3) is 0 Å². The zero-order valence-corrected chi connectivity index (χ0v) is 12.5. The van der Waals surface area contributed by atoms with E-state index < -0.39 is 16.2 Å². The number of primary sulfonamides is 1. The largest absolute Gasteiger partial charge is 0.238 e. The molecule has 0 bridgehead atoms. The van der Waals surface area contributed by atoms with Gasteiger partial charge in [-0.25, -0.2) is 24.4 Å². The van der Waals surface area contributed by atoms with E-state index in [4.69, 9.17) is 5.14 Å². The molecule has 0 aliphatic carbocycles. The Labute approximate surface area is 128 Å². The number of benzene rings is 2. The number of hydrogen-bond acceptors (Lipinski definition) is 6. The van der Waals surface area contributed by atoms with Crippen LogP contribution in [0.2, 0.25) is 0 Å². The summed E-state index contributed by atoms with van der Waals surface area (Å²) in [6.45, 7) is 0. The summed E-state index contributed by atoms with van der Waals surface area (Å²) in [4.78, 5) is 0.108. The zero-order valence-electron chi connectivity index (χ0n) is 11.7. The first-order valence-electron chi connectivity index (χ1n) is 6.75. The number of rotatable bonds is 4. The number of hydrazine groups is 3. The van der Waals surface area contributed by atoms with E-state index in [0.717, 1.165) is 11.1 Å². The third-order valence-electron chi connectivity index (χ3n) is 3.48. The van der Waals surface area contributed by atoms with E-state index in [1.807, 2.05) is 36.4 Å². The monoisotopic (exact) mass is 319 g/mol. The van der Waals surface area contributed by atoms with Gasteiger partial charge in [0.2, 0.25) is 10.0 Å². The molecule has 0 atom stereocenters. The molecule has 3 rings (SSSR count). The number of sulfonamides is 1. The standard InChI is InChI=1S/C14H17N5O2S/c15-22(20,21)12-8-4-7-11(9-10-5-2-1-3-6-10)13(12)14-16-18-19-17-14/h1-8,14,16-19H,9H2,(H2,15,20,21). The molecule has 7 nitrogen and oxygen atoms in total. The van der Waals surface area contributed by atoms with E-state index in [-0.39, 0.29) is 4.90 Å². The molecule has 6 N–H and O–H groups in total. The maximum Gasteiger partial charge on any atom is 0.238 e. The first-order chi connectivity index (χ1) is 10.6. The molecule has 1 fully saturated rings. The van der Waals surface area contributed by atoms with E-state index in [0.29, 0.717) is 12.0 Å². The van der Waals surface area contributed by atoms with E-state index in [1.54, 1.807) is 6.07 Å². The minimum absolute atomic E-state index is 0.108. The maximum absolute atomic E-state index is 11.9. The van der Waals surface area contributed by atoms with Crippen LogP contribution in [0, 0.1) is 0 Å². The zero-order chi connectivity index (χ0) is 15.6. The predicted molar refractivity (Wildman–Crippen MR) is 82.3 cm³/mol. The summed E-state index contributed by atoms with van der Waals surface area (Å²) in [6, 6.07) is 15.0. The van der Waals surface area contributed by atoms with Gasteiger partial charge in [-0.3, -0.25) is 0 Å². The van der Waals surface area contributed by atoms with E-state index in [9.17, 15) is 8.42 Å². The van der Waals surface area contributed by atoms with Crippen molar-refractivity contribution in [2.24, 2.45) is 5.14 Å². The SMILES string of the molecule is NS(=O)(=O)c1cccc(Cc2ccccc2)c1C1NNNN1. The Bertz CT molecular complexity index is 758. The average molecular weight is 319 g/mol. The van der Waals surface area contributed by atoms with Crippen molar-refractivity contribution in [1.82, 2.24) is 21.9 Å². The van der Waals surface area contributed by atoms with Gasteiger partial charge in [0.25, 0.3) is 0 Å². The molecule has 1 aliphatic heterocycles. The molecule has 2 aromatic carbocycles. The van der Waals surface area contributed by atoms with Crippen LogP contribution in [0.15, 0.2) is 53.4 Å². The van der Waals surface area contributed by atoms with Crippen molar-refractivity contribution in [3.63, 3.8) is 0 Å². The second kappa shape index (κ2) is 6.13. The van der Waals surface area contributed by atoms with Crippen LogP contribution in [0.5, 0.6) is 0 Å². The highest BCUT2D eigenvalue weighted by molar-refractivity contribution is 7.89. The summed E-state index contributed by atoms with van der Waals surface area (Å²) in [5, 5.41) is 5.36. The molecule has 0 radical (unpaired) electrons. The molecule has 1 heterocycles. The second-order valence-corrected chi connectivity index (χ2v) is 6.54. The fourth-order valence-corrected chi connectivity index (χ4v) is 3.36. The Morgan fingerprint density at radius 2 is 1.64 bits per heavy atom. The van der Waals surface area contributed by atoms with Gasteiger partial charge in [-0.2, -0.15) is 11.1 Å². The van der Waals surface area contributed by atoms with Crippen molar-refractivity contribution in [2.75, 3.05) is 0 Å². The highest BCUT2D eigenvalue weighted by Crippen LogP contribution is 2.26. The van der Waals surface area contributed by atoms with Gasteiger partial charge in [0, 0.05) is 5.56 Å². The Kier molecular flexibility index (Phi) is 4.21. The minimum Gasteiger partial charge on any atom is -0.225 e. The summed E-state index contributed by atoms with van der Waals surface area (Å²) in [6.07, 6.45) is 0.201. The van der Waals surface area contributed by atoms with Gasteiger partial charge in [-0.15, -0.1) is 0 Å². The molecule has 22 heavy (non-hydrogen) atoms. The van der Waals surface area contributed by atoms with Crippen molar-refractivity contribution in [2.45, 2.75) is 17.5 Å². The van der Waals surface area contributed by atoms with Crippen LogP contribution in [-0.4, -0.2) is 8.42 Å². The molecule has 0 amide bonds. The Morgan fingerprint density at radius 1 is 0.955 bits per heavy atom. The molecule has 0 aromatic heterocycles. The highest BCUT2D eigenvalue weighted by atomic mass is 32.2. The van der Waals surface area contributed by atoms with Crippen LogP contribution in [0.3, 0.4) is 0 Å². The molecular weight excluding hydrogens is 302 g/mol. The average Bonchev–Trinajstić information content (AvgIpc) is 3.01. The van der Waals surface area contributed by atoms with Crippen LogP contribution in [0.1, 0.15) is 22.9 Å². The van der Waals surface area contributed by atoms with Crippen molar-refractivity contribution in [1.29, 1.82) is 0 Å². The van der Waals surface area contributed by atoms with Crippen LogP contribution in [0.4, 0.5) is 0 Å². The minimum atomic E-state index is -3.82. The predicted octanol–water partition coefficient (Wildman–Crippen LogP) is 0.0404. The van der Waals surface area contributed by atoms with Crippen LogP contribution >= 0.6 is 0 Å². The lowest BCUT2D eigenvalue weighted by Crippen LogP contribution is -2.33. The molecule has 1 aliphatic rings. The van der Waals surface area contributed by atoms with E-state index in [1.165, 1.54) is 6.07 Å². The second-order valence-electron chi connectivity index (χ2n) is 5.01. The van der Waals surface area contributed by atoms with Gasteiger partial charge in [-0.1, -0.05) is 42.5 Å². The molecule has 0 spiro atoms. The fraction of sp³-hybridized carbons (Fsp3) is 0.143. The van der Waals surface area contributed by atoms with Gasteiger partial charge in [-0.05, 0) is 23.6 Å². The summed E-state index contributed by atoms with van der Waals surface area (Å²) in [7, 11) is -3.82. The van der Waals surface area contributed by atoms with E-state index >= 15 is 0 Å². The fourth-order valence-electron chi connectivity index (χ4n) is 2.53. The Morgan fingerprint density at radius 3 is 2.27 bits per heavy atom. The van der Waals surface area contributed by atoms with Crippen LogP contribution < -0.4 is 27.1 Å². The van der Waals surface area contributed by atoms with Gasteiger partial charge in [0.05, 0.1) is 4.90 Å². The number of nitrogens with two attached hydrogens (primary N) is 1. The molecule has 2 aromatic rings. The lowest BCUT2D eigenvalue weighted by Gasteiger charge is -2.18. The topological polar surface area (TPSA) is 108 Å². The molecule has 0 saturated carbocycles. The molecule has 0 unspecified atom stereocenters. The lowest BCUT2D eigenvalue weighted by molar-refractivity contribution is 0.535. The first kappa shape index (κ1) is 15.1. The maximum atomic E-state index is 11.9. The van der Waals surface area contributed by atoms with Gasteiger partial charge in [0.15, 0.2) is 0 Å². The van der Waals surface area contributed by atoms with Gasteiger partial charge in [0.1, 0.15) is 6.17 Å². The summed E-state index contributed by atoms with van der Waals surface area (Å²) in [5.41, 5.74) is 13.8. The van der Waals surface area contributed by atoms with Crippen molar-refractivity contribution < 1.29 is 8.42 Å². The smallest absolute Gasteiger partial charge is 0.225 e. The summed E-state index contributed by atoms with van der Waals surface area (Å²) in [5.74, 6) is 0. The third kappa shape index (κ3) is 3.17. The molecule has 116 valence electrons. The Hall–Kier alpha value is -1.81. The van der Waals surface area contributed by atoms with Gasteiger partial charge < -0.3 is 0 Å². The van der Waals surface area contributed by atoms with Crippen molar-refractivity contribution >= 4 is 10.0 Å². The van der Waals surface area contributed by atoms with Crippen LogP contribution in [-0.2, 0) is 16.4 Å².